The number of pyridine rings is 1. The molecule has 1 aromatic carbocycles. The van der Waals surface area contributed by atoms with Crippen LogP contribution in [0.15, 0.2) is 54.5 Å². The number of allylic oxidation sites excluding steroid dienone is 1. The molecular weight excluding hydrogens is 361 g/mol. The molecule has 2 heterocycles. The molecule has 3 rings (SSSR count). The molecule has 27 heavy (non-hydrogen) atoms. The number of para-hydroxylation sites is 1. The van der Waals surface area contributed by atoms with Crippen molar-refractivity contribution >= 4 is 19.0 Å². The minimum Gasteiger partial charge on any atom is -0.256 e. The molecule has 150 valence electrons. The number of fused-ring (bicyclic) bond motifs is 1. The number of rotatable bonds is 5. The van der Waals surface area contributed by atoms with E-state index in [1.54, 1.807) is 21.3 Å². The summed E-state index contributed by atoms with van der Waals surface area (Å²) in [7, 11) is 4.34. The number of hydrogen-bond acceptors (Lipinski definition) is 5. The first-order valence-electron chi connectivity index (χ1n) is 9.16. The molecule has 0 saturated heterocycles. The summed E-state index contributed by atoms with van der Waals surface area (Å²) in [5.74, 6) is 0. The van der Waals surface area contributed by atoms with E-state index < -0.39 is 8.09 Å². The van der Waals surface area contributed by atoms with E-state index in [0.29, 0.717) is 4.25 Å². The van der Waals surface area contributed by atoms with Crippen LogP contribution in [0.25, 0.3) is 10.9 Å². The Hall–Kier alpha value is -1.56. The Morgan fingerprint density at radius 2 is 1.67 bits per heavy atom. The number of benzene rings is 1. The van der Waals surface area contributed by atoms with Crippen molar-refractivity contribution in [3.05, 3.63) is 54.5 Å². The van der Waals surface area contributed by atoms with E-state index in [0.717, 1.165) is 12.1 Å². The number of nitrogens with zero attached hydrogens (tertiary/aromatic N) is 3. The summed E-state index contributed by atoms with van der Waals surface area (Å²) >= 11 is 0. The second-order valence-electron chi connectivity index (χ2n) is 6.59. The zero-order valence-electron chi connectivity index (χ0n) is 17.5. The SMILES string of the molecule is CC[N+]1([PH](OC)(OC)OC)C=C(C)N(C)C1C.c1ccc2ncccc2c1. The van der Waals surface area contributed by atoms with Crippen LogP contribution in [0.5, 0.6) is 0 Å². The fourth-order valence-electron chi connectivity index (χ4n) is 3.77. The van der Waals surface area contributed by atoms with Gasteiger partial charge in [0.1, 0.15) is 0 Å². The predicted octanol–water partition coefficient (Wildman–Crippen LogP) is 4.56. The second kappa shape index (κ2) is 9.09. The van der Waals surface area contributed by atoms with E-state index in [9.17, 15) is 0 Å². The summed E-state index contributed by atoms with van der Waals surface area (Å²) in [4.78, 5) is 6.42. The Morgan fingerprint density at radius 3 is 2.15 bits per heavy atom. The second-order valence-corrected chi connectivity index (χ2v) is 9.70. The molecule has 1 aliphatic rings. The van der Waals surface area contributed by atoms with Gasteiger partial charge in [-0.2, -0.15) is 0 Å². The van der Waals surface area contributed by atoms with Crippen molar-refractivity contribution < 1.29 is 17.8 Å². The molecule has 0 aliphatic carbocycles. The van der Waals surface area contributed by atoms with Gasteiger partial charge in [0.2, 0.25) is 0 Å². The number of quaternary nitrogens is 1. The van der Waals surface area contributed by atoms with Gasteiger partial charge in [-0.05, 0) is 12.1 Å². The summed E-state index contributed by atoms with van der Waals surface area (Å²) < 4.78 is 17.6. The molecule has 2 atom stereocenters. The van der Waals surface area contributed by atoms with Crippen molar-refractivity contribution in [3.8, 4) is 0 Å². The standard InChI is InChI=1S/C11H26N2O3P.C9H7N/c1-8-13(17(14-5,15-6)16-7)9-10(2)12(4)11(13)3;1-2-6-9-8(4-1)5-3-7-10-9/h9,11,17H,8H2,1-7H3;1-7H/q+1;. The fraction of sp³-hybridized carbons (Fsp3) is 0.450. The minimum absolute atomic E-state index is 0.256. The van der Waals surface area contributed by atoms with E-state index >= 15 is 0 Å². The maximum atomic E-state index is 5.68. The Bertz CT molecular complexity index is 708. The van der Waals surface area contributed by atoms with Gasteiger partial charge in [0.05, 0.1) is 5.52 Å². The summed E-state index contributed by atoms with van der Waals surface area (Å²) in [5.41, 5.74) is 2.28. The predicted molar refractivity (Wildman–Crippen MR) is 113 cm³/mol. The van der Waals surface area contributed by atoms with Crippen LogP contribution < -0.4 is 0 Å². The summed E-state index contributed by atoms with van der Waals surface area (Å²) in [6.07, 6.45) is 4.27. The smallest absolute Gasteiger partial charge is 0.0701 e. The van der Waals surface area contributed by atoms with E-state index in [1.165, 1.54) is 11.1 Å². The van der Waals surface area contributed by atoms with Gasteiger partial charge >= 0.3 is 105 Å². The summed E-state index contributed by atoms with van der Waals surface area (Å²) in [6.45, 7) is 7.30. The zero-order chi connectivity index (χ0) is 20.1. The molecule has 0 fully saturated rings. The minimum atomic E-state index is -2.76. The first-order chi connectivity index (χ1) is 12.9. The first-order valence-corrected chi connectivity index (χ1v) is 10.8. The van der Waals surface area contributed by atoms with E-state index in [1.807, 2.05) is 30.5 Å². The molecule has 1 aromatic heterocycles. The third kappa shape index (κ3) is 3.86. The van der Waals surface area contributed by atoms with Crippen LogP contribution >= 0.6 is 8.09 Å². The van der Waals surface area contributed by atoms with E-state index in [2.05, 4.69) is 56.0 Å². The van der Waals surface area contributed by atoms with Gasteiger partial charge in [-0.3, -0.25) is 4.98 Å². The van der Waals surface area contributed by atoms with Crippen molar-refractivity contribution in [2.24, 2.45) is 0 Å². The average molecular weight is 394 g/mol. The van der Waals surface area contributed by atoms with Crippen LogP contribution in [-0.4, -0.2) is 55.2 Å². The number of hydrogen-bond donors (Lipinski definition) is 0. The van der Waals surface area contributed by atoms with Crippen molar-refractivity contribution in [1.29, 1.82) is 0 Å². The molecule has 0 N–H and O–H groups in total. The molecule has 0 amide bonds. The number of aromatic nitrogens is 1. The normalized spacial score (nSPS) is 23.0. The Labute approximate surface area is 163 Å². The van der Waals surface area contributed by atoms with E-state index in [4.69, 9.17) is 13.6 Å². The van der Waals surface area contributed by atoms with Crippen molar-refractivity contribution in [1.82, 2.24) is 9.88 Å². The maximum Gasteiger partial charge on any atom is 0.0701 e. The monoisotopic (exact) mass is 394 g/mol. The Morgan fingerprint density at radius 1 is 1.07 bits per heavy atom. The van der Waals surface area contributed by atoms with Crippen LogP contribution in [0.1, 0.15) is 20.8 Å². The van der Waals surface area contributed by atoms with Gasteiger partial charge in [0, 0.05) is 11.6 Å². The van der Waals surface area contributed by atoms with Crippen molar-refractivity contribution in [3.63, 3.8) is 0 Å². The topological polar surface area (TPSA) is 43.8 Å². The molecule has 2 unspecified atom stereocenters. The van der Waals surface area contributed by atoms with Gasteiger partial charge in [0.25, 0.3) is 0 Å². The third-order valence-electron chi connectivity index (χ3n) is 5.52. The fourth-order valence-corrected chi connectivity index (χ4v) is 6.65. The molecule has 7 heteroatoms. The molecule has 2 aromatic rings. The van der Waals surface area contributed by atoms with Crippen LogP contribution in [0, 0.1) is 0 Å². The maximum absolute atomic E-state index is 5.68. The molecule has 0 radical (unpaired) electrons. The van der Waals surface area contributed by atoms with Gasteiger partial charge < -0.3 is 0 Å². The Kier molecular flexibility index (Phi) is 7.32. The van der Waals surface area contributed by atoms with Gasteiger partial charge in [-0.1, -0.05) is 24.3 Å². The van der Waals surface area contributed by atoms with Gasteiger partial charge in [0.15, 0.2) is 0 Å². The van der Waals surface area contributed by atoms with Crippen LogP contribution in [0.3, 0.4) is 0 Å². The molecular formula is C20H33N3O3P+. The molecule has 1 aliphatic heterocycles. The quantitative estimate of drug-likeness (QED) is 0.696. The zero-order valence-corrected chi connectivity index (χ0v) is 18.5. The molecule has 0 spiro atoms. The van der Waals surface area contributed by atoms with Crippen LogP contribution in [-0.2, 0) is 13.6 Å². The molecule has 6 nitrogen and oxygen atoms in total. The Balaban J connectivity index is 0.000000219. The van der Waals surface area contributed by atoms with Gasteiger partial charge in [-0.25, -0.2) is 0 Å². The third-order valence-corrected chi connectivity index (χ3v) is 8.91. The van der Waals surface area contributed by atoms with Gasteiger partial charge in [-0.15, -0.1) is 0 Å². The van der Waals surface area contributed by atoms with Crippen molar-refractivity contribution in [2.75, 3.05) is 34.9 Å². The first kappa shape index (κ1) is 21.7. The van der Waals surface area contributed by atoms with Crippen LogP contribution in [0.4, 0.5) is 0 Å². The largest absolute Gasteiger partial charge is 0.256 e. The summed E-state index contributed by atoms with van der Waals surface area (Å²) in [5, 5.41) is 1.20. The molecule has 0 bridgehead atoms. The van der Waals surface area contributed by atoms with E-state index in [-0.39, 0.29) is 6.17 Å². The molecule has 0 saturated carbocycles. The average Bonchev–Trinajstić information content (AvgIpc) is 2.95. The summed E-state index contributed by atoms with van der Waals surface area (Å²) in [6, 6.07) is 12.1. The van der Waals surface area contributed by atoms with Crippen molar-refractivity contribution in [2.45, 2.75) is 26.9 Å². The van der Waals surface area contributed by atoms with Crippen LogP contribution in [0.2, 0.25) is 0 Å².